The third kappa shape index (κ3) is 5.12. The first-order valence-corrected chi connectivity index (χ1v) is 9.42. The van der Waals surface area contributed by atoms with Crippen LogP contribution < -0.4 is 10.2 Å². The van der Waals surface area contributed by atoms with Crippen LogP contribution in [-0.2, 0) is 4.79 Å². The standard InChI is InChI=1S/C19H27N7O/c1-14(2)18-23-15(3)13-16(24-18)20-8-5-17(27)25-9-11-26(12-10-25)19-21-6-4-7-22-19/h4,6-7,13-14H,5,8-12H2,1-3H3,(H,20,23,24). The number of anilines is 2. The Bertz CT molecular complexity index is 758. The Labute approximate surface area is 160 Å². The van der Waals surface area contributed by atoms with E-state index in [1.54, 1.807) is 18.5 Å². The van der Waals surface area contributed by atoms with Gasteiger partial charge in [0.15, 0.2) is 0 Å². The predicted molar refractivity (Wildman–Crippen MR) is 105 cm³/mol. The molecule has 2 aromatic rings. The number of hydrogen-bond donors (Lipinski definition) is 1. The van der Waals surface area contributed by atoms with Crippen LogP contribution in [0.4, 0.5) is 11.8 Å². The van der Waals surface area contributed by atoms with Gasteiger partial charge in [-0.2, -0.15) is 0 Å². The van der Waals surface area contributed by atoms with Crippen molar-refractivity contribution in [2.75, 3.05) is 42.9 Å². The normalized spacial score (nSPS) is 14.5. The van der Waals surface area contributed by atoms with E-state index in [-0.39, 0.29) is 11.8 Å². The molecule has 3 rings (SSSR count). The zero-order valence-electron chi connectivity index (χ0n) is 16.2. The van der Waals surface area contributed by atoms with Gasteiger partial charge in [0.2, 0.25) is 11.9 Å². The zero-order valence-corrected chi connectivity index (χ0v) is 16.2. The summed E-state index contributed by atoms with van der Waals surface area (Å²) in [5.74, 6) is 2.77. The minimum Gasteiger partial charge on any atom is -0.369 e. The zero-order chi connectivity index (χ0) is 19.2. The van der Waals surface area contributed by atoms with E-state index in [2.05, 4.69) is 44.0 Å². The van der Waals surface area contributed by atoms with Crippen molar-refractivity contribution in [1.82, 2.24) is 24.8 Å². The number of aryl methyl sites for hydroxylation is 1. The lowest BCUT2D eigenvalue weighted by molar-refractivity contribution is -0.131. The first kappa shape index (κ1) is 19.0. The fourth-order valence-corrected chi connectivity index (χ4v) is 3.01. The minimum absolute atomic E-state index is 0.158. The number of carbonyl (C=O) groups excluding carboxylic acids is 1. The largest absolute Gasteiger partial charge is 0.369 e. The molecule has 8 heteroatoms. The molecular formula is C19H27N7O. The summed E-state index contributed by atoms with van der Waals surface area (Å²) in [4.78, 5) is 34.0. The highest BCUT2D eigenvalue weighted by Crippen LogP contribution is 2.14. The molecule has 0 aromatic carbocycles. The Hall–Kier alpha value is -2.77. The number of rotatable bonds is 6. The van der Waals surface area contributed by atoms with Crippen LogP contribution in [0.5, 0.6) is 0 Å². The van der Waals surface area contributed by atoms with Gasteiger partial charge in [-0.1, -0.05) is 13.8 Å². The van der Waals surface area contributed by atoms with E-state index in [0.29, 0.717) is 26.1 Å². The summed E-state index contributed by atoms with van der Waals surface area (Å²) in [6, 6.07) is 3.72. The second-order valence-electron chi connectivity index (χ2n) is 7.00. The number of amides is 1. The lowest BCUT2D eigenvalue weighted by atomic mass is 10.2. The molecule has 1 fully saturated rings. The highest BCUT2D eigenvalue weighted by Gasteiger charge is 2.22. The fraction of sp³-hybridized carbons (Fsp3) is 0.526. The maximum atomic E-state index is 12.5. The van der Waals surface area contributed by atoms with Crippen LogP contribution in [0.2, 0.25) is 0 Å². The average Bonchev–Trinajstić information content (AvgIpc) is 2.68. The summed E-state index contributed by atoms with van der Waals surface area (Å²) in [6.07, 6.45) is 3.93. The number of piperazine rings is 1. The van der Waals surface area contributed by atoms with Crippen molar-refractivity contribution in [2.24, 2.45) is 0 Å². The Morgan fingerprint density at radius 2 is 1.85 bits per heavy atom. The van der Waals surface area contributed by atoms with Crippen molar-refractivity contribution in [3.05, 3.63) is 36.0 Å². The second-order valence-corrected chi connectivity index (χ2v) is 7.00. The second kappa shape index (κ2) is 8.75. The third-order valence-electron chi connectivity index (χ3n) is 4.50. The van der Waals surface area contributed by atoms with Gasteiger partial charge >= 0.3 is 0 Å². The highest BCUT2D eigenvalue weighted by molar-refractivity contribution is 5.77. The molecule has 0 unspecified atom stereocenters. The number of carbonyl (C=O) groups is 1. The molecule has 2 aromatic heterocycles. The average molecular weight is 369 g/mol. The van der Waals surface area contributed by atoms with Gasteiger partial charge in [-0.05, 0) is 13.0 Å². The fourth-order valence-electron chi connectivity index (χ4n) is 3.01. The number of aromatic nitrogens is 4. The topological polar surface area (TPSA) is 87.1 Å². The van der Waals surface area contributed by atoms with Crippen LogP contribution in [-0.4, -0.2) is 63.5 Å². The van der Waals surface area contributed by atoms with Gasteiger partial charge in [-0.25, -0.2) is 19.9 Å². The number of nitrogens with one attached hydrogen (secondary N) is 1. The molecule has 0 radical (unpaired) electrons. The van der Waals surface area contributed by atoms with E-state index in [9.17, 15) is 4.79 Å². The molecule has 1 aliphatic rings. The molecule has 1 N–H and O–H groups in total. The lowest BCUT2D eigenvalue weighted by Crippen LogP contribution is -2.49. The number of nitrogens with zero attached hydrogens (tertiary/aromatic N) is 6. The first-order chi connectivity index (χ1) is 13.0. The van der Waals surface area contributed by atoms with Crippen LogP contribution in [0.15, 0.2) is 24.5 Å². The van der Waals surface area contributed by atoms with Crippen molar-refractivity contribution < 1.29 is 4.79 Å². The summed E-state index contributed by atoms with van der Waals surface area (Å²) >= 11 is 0. The molecule has 1 saturated heterocycles. The first-order valence-electron chi connectivity index (χ1n) is 9.42. The molecule has 1 amide bonds. The van der Waals surface area contributed by atoms with E-state index < -0.39 is 0 Å². The Morgan fingerprint density at radius 1 is 1.15 bits per heavy atom. The van der Waals surface area contributed by atoms with Gasteiger partial charge in [-0.3, -0.25) is 4.79 Å². The summed E-state index contributed by atoms with van der Waals surface area (Å²) in [6.45, 7) is 9.57. The lowest BCUT2D eigenvalue weighted by Gasteiger charge is -2.34. The van der Waals surface area contributed by atoms with Gasteiger partial charge in [0.25, 0.3) is 0 Å². The molecule has 0 bridgehead atoms. The summed E-state index contributed by atoms with van der Waals surface area (Å²) in [5, 5.41) is 3.26. The van der Waals surface area contributed by atoms with Gasteiger partial charge in [-0.15, -0.1) is 0 Å². The summed E-state index contributed by atoms with van der Waals surface area (Å²) in [5.41, 5.74) is 0.932. The maximum Gasteiger partial charge on any atom is 0.225 e. The molecule has 144 valence electrons. The van der Waals surface area contributed by atoms with E-state index in [4.69, 9.17) is 0 Å². The number of hydrogen-bond acceptors (Lipinski definition) is 7. The summed E-state index contributed by atoms with van der Waals surface area (Å²) < 4.78 is 0. The maximum absolute atomic E-state index is 12.5. The van der Waals surface area contributed by atoms with Crippen LogP contribution in [0.1, 0.15) is 37.7 Å². The van der Waals surface area contributed by atoms with Gasteiger partial charge in [0.05, 0.1) is 0 Å². The van der Waals surface area contributed by atoms with Gasteiger partial charge in [0.1, 0.15) is 11.6 Å². The Kier molecular flexibility index (Phi) is 6.16. The van der Waals surface area contributed by atoms with Crippen LogP contribution in [0.3, 0.4) is 0 Å². The predicted octanol–water partition coefficient (Wildman–Crippen LogP) is 1.85. The SMILES string of the molecule is Cc1cc(NCCC(=O)N2CCN(c3ncccn3)CC2)nc(C(C)C)n1. The molecular weight excluding hydrogens is 342 g/mol. The highest BCUT2D eigenvalue weighted by atomic mass is 16.2. The van der Waals surface area contributed by atoms with E-state index >= 15 is 0 Å². The quantitative estimate of drug-likeness (QED) is 0.831. The molecule has 27 heavy (non-hydrogen) atoms. The molecule has 1 aliphatic heterocycles. The van der Waals surface area contributed by atoms with Crippen molar-refractivity contribution >= 4 is 17.7 Å². The van der Waals surface area contributed by atoms with E-state index in [1.807, 2.05) is 17.9 Å². The van der Waals surface area contributed by atoms with E-state index in [1.165, 1.54) is 0 Å². The van der Waals surface area contributed by atoms with Crippen molar-refractivity contribution in [3.63, 3.8) is 0 Å². The monoisotopic (exact) mass is 369 g/mol. The van der Waals surface area contributed by atoms with Crippen molar-refractivity contribution in [3.8, 4) is 0 Å². The molecule has 3 heterocycles. The third-order valence-corrected chi connectivity index (χ3v) is 4.50. The van der Waals surface area contributed by atoms with Gasteiger partial charge in [0, 0.05) is 69.2 Å². The van der Waals surface area contributed by atoms with Crippen molar-refractivity contribution in [1.29, 1.82) is 0 Å². The van der Waals surface area contributed by atoms with E-state index in [0.717, 1.165) is 36.4 Å². The minimum atomic E-state index is 0.158. The van der Waals surface area contributed by atoms with Crippen molar-refractivity contribution in [2.45, 2.75) is 33.1 Å². The Morgan fingerprint density at radius 3 is 2.52 bits per heavy atom. The van der Waals surface area contributed by atoms with Gasteiger partial charge < -0.3 is 15.1 Å². The van der Waals surface area contributed by atoms with Crippen LogP contribution in [0, 0.1) is 6.92 Å². The Balaban J connectivity index is 1.45. The van der Waals surface area contributed by atoms with Crippen LogP contribution >= 0.6 is 0 Å². The smallest absolute Gasteiger partial charge is 0.225 e. The summed E-state index contributed by atoms with van der Waals surface area (Å²) in [7, 11) is 0. The molecule has 0 aliphatic carbocycles. The molecule has 0 saturated carbocycles. The van der Waals surface area contributed by atoms with Crippen LogP contribution in [0.25, 0.3) is 0 Å². The molecule has 0 atom stereocenters. The molecule has 0 spiro atoms. The molecule has 8 nitrogen and oxygen atoms in total.